The van der Waals surface area contributed by atoms with E-state index < -0.39 is 0 Å². The predicted octanol–water partition coefficient (Wildman–Crippen LogP) is 2.53. The zero-order valence-corrected chi connectivity index (χ0v) is 10.5. The van der Waals surface area contributed by atoms with E-state index in [1.807, 2.05) is 6.07 Å². The number of benzene rings is 1. The van der Waals surface area contributed by atoms with Crippen LogP contribution in [0.3, 0.4) is 0 Å². The standard InChI is InChI=1S/C12H17NO.BrH/c1-2-4-11(5-3-1)10-14-12-6-8-13-9-7-12;/h1-5,12-13H,6-10H2;1H. The molecule has 1 aliphatic heterocycles. The number of nitrogens with one attached hydrogen (secondary N) is 1. The molecule has 0 bridgehead atoms. The van der Waals surface area contributed by atoms with E-state index in [0.29, 0.717) is 6.10 Å². The molecule has 84 valence electrons. The Hall–Kier alpha value is -0.380. The highest BCUT2D eigenvalue weighted by Gasteiger charge is 2.12. The number of ether oxygens (including phenoxy) is 1. The number of halogens is 1. The third-order valence-corrected chi connectivity index (χ3v) is 2.61. The topological polar surface area (TPSA) is 21.3 Å². The van der Waals surface area contributed by atoms with Crippen LogP contribution in [0.2, 0.25) is 0 Å². The molecule has 0 atom stereocenters. The van der Waals surface area contributed by atoms with Crippen molar-refractivity contribution in [3.8, 4) is 0 Å². The fourth-order valence-electron chi connectivity index (χ4n) is 1.75. The fraction of sp³-hybridized carbons (Fsp3) is 0.500. The average molecular weight is 272 g/mol. The lowest BCUT2D eigenvalue weighted by atomic mass is 10.1. The molecule has 1 heterocycles. The van der Waals surface area contributed by atoms with Crippen LogP contribution in [0.5, 0.6) is 0 Å². The molecule has 0 spiro atoms. The second-order valence-corrected chi connectivity index (χ2v) is 3.75. The van der Waals surface area contributed by atoms with Crippen molar-refractivity contribution in [2.75, 3.05) is 13.1 Å². The van der Waals surface area contributed by atoms with E-state index in [2.05, 4.69) is 29.6 Å². The lowest BCUT2D eigenvalue weighted by molar-refractivity contribution is 0.0212. The number of hydrogen-bond acceptors (Lipinski definition) is 2. The van der Waals surface area contributed by atoms with Gasteiger partial charge in [0.25, 0.3) is 0 Å². The Morgan fingerprint density at radius 2 is 1.80 bits per heavy atom. The summed E-state index contributed by atoms with van der Waals surface area (Å²) in [5, 5.41) is 3.33. The average Bonchev–Trinajstić information content (AvgIpc) is 2.29. The third-order valence-electron chi connectivity index (χ3n) is 2.61. The molecule has 0 aromatic heterocycles. The van der Waals surface area contributed by atoms with E-state index in [9.17, 15) is 0 Å². The molecule has 0 unspecified atom stereocenters. The Morgan fingerprint density at radius 1 is 1.13 bits per heavy atom. The highest BCUT2D eigenvalue weighted by atomic mass is 79.9. The van der Waals surface area contributed by atoms with Crippen molar-refractivity contribution in [2.24, 2.45) is 0 Å². The Morgan fingerprint density at radius 3 is 2.47 bits per heavy atom. The van der Waals surface area contributed by atoms with Crippen LogP contribution in [0.4, 0.5) is 0 Å². The van der Waals surface area contributed by atoms with Crippen LogP contribution in [0.25, 0.3) is 0 Å². The maximum atomic E-state index is 5.83. The van der Waals surface area contributed by atoms with Crippen LogP contribution in [0.15, 0.2) is 30.3 Å². The maximum Gasteiger partial charge on any atom is 0.0720 e. The lowest BCUT2D eigenvalue weighted by Gasteiger charge is -2.22. The predicted molar refractivity (Wildman–Crippen MR) is 67.4 cm³/mol. The summed E-state index contributed by atoms with van der Waals surface area (Å²) in [6.07, 6.45) is 2.75. The molecule has 1 aromatic rings. The lowest BCUT2D eigenvalue weighted by Crippen LogP contribution is -2.32. The molecule has 15 heavy (non-hydrogen) atoms. The molecule has 1 aromatic carbocycles. The van der Waals surface area contributed by atoms with Gasteiger partial charge in [0.1, 0.15) is 0 Å². The second kappa shape index (κ2) is 6.99. The van der Waals surface area contributed by atoms with Gasteiger partial charge >= 0.3 is 0 Å². The van der Waals surface area contributed by atoms with E-state index >= 15 is 0 Å². The normalized spacial score (nSPS) is 17.1. The van der Waals surface area contributed by atoms with Crippen molar-refractivity contribution in [3.63, 3.8) is 0 Å². The minimum atomic E-state index is 0. The molecule has 1 saturated heterocycles. The van der Waals surface area contributed by atoms with Gasteiger partial charge in [0.15, 0.2) is 0 Å². The van der Waals surface area contributed by atoms with Gasteiger partial charge in [0.2, 0.25) is 0 Å². The van der Waals surface area contributed by atoms with Crippen LogP contribution in [0.1, 0.15) is 18.4 Å². The highest BCUT2D eigenvalue weighted by Crippen LogP contribution is 2.10. The first kappa shape index (κ1) is 12.7. The molecule has 1 aliphatic rings. The van der Waals surface area contributed by atoms with Gasteiger partial charge in [-0.05, 0) is 31.5 Å². The number of piperidine rings is 1. The van der Waals surface area contributed by atoms with Crippen molar-refractivity contribution in [2.45, 2.75) is 25.6 Å². The van der Waals surface area contributed by atoms with Gasteiger partial charge in [-0.1, -0.05) is 30.3 Å². The van der Waals surface area contributed by atoms with Gasteiger partial charge in [-0.15, -0.1) is 17.0 Å². The summed E-state index contributed by atoms with van der Waals surface area (Å²) in [5.41, 5.74) is 1.27. The van der Waals surface area contributed by atoms with Crippen LogP contribution in [-0.4, -0.2) is 19.2 Å². The quantitative estimate of drug-likeness (QED) is 0.913. The molecule has 0 aliphatic carbocycles. The second-order valence-electron chi connectivity index (χ2n) is 3.75. The summed E-state index contributed by atoms with van der Waals surface area (Å²) >= 11 is 0. The van der Waals surface area contributed by atoms with Crippen molar-refractivity contribution in [1.82, 2.24) is 5.32 Å². The van der Waals surface area contributed by atoms with Gasteiger partial charge in [0.05, 0.1) is 12.7 Å². The minimum Gasteiger partial charge on any atom is -0.373 e. The van der Waals surface area contributed by atoms with Gasteiger partial charge in [0, 0.05) is 0 Å². The highest BCUT2D eigenvalue weighted by molar-refractivity contribution is 8.93. The monoisotopic (exact) mass is 271 g/mol. The van der Waals surface area contributed by atoms with Gasteiger partial charge in [-0.3, -0.25) is 0 Å². The molecule has 2 rings (SSSR count). The summed E-state index contributed by atoms with van der Waals surface area (Å²) in [7, 11) is 0. The Labute approximate surface area is 102 Å². The van der Waals surface area contributed by atoms with E-state index in [0.717, 1.165) is 32.5 Å². The molecule has 0 amide bonds. The van der Waals surface area contributed by atoms with E-state index in [1.165, 1.54) is 5.56 Å². The minimum absolute atomic E-state index is 0. The van der Waals surface area contributed by atoms with Crippen LogP contribution in [0, 0.1) is 0 Å². The summed E-state index contributed by atoms with van der Waals surface area (Å²) in [5.74, 6) is 0. The zero-order valence-electron chi connectivity index (χ0n) is 8.82. The molecule has 0 saturated carbocycles. The summed E-state index contributed by atoms with van der Waals surface area (Å²) in [6.45, 7) is 2.95. The van der Waals surface area contributed by atoms with E-state index in [-0.39, 0.29) is 17.0 Å². The van der Waals surface area contributed by atoms with Crippen molar-refractivity contribution >= 4 is 17.0 Å². The van der Waals surface area contributed by atoms with Crippen molar-refractivity contribution in [1.29, 1.82) is 0 Å². The van der Waals surface area contributed by atoms with Crippen LogP contribution in [-0.2, 0) is 11.3 Å². The zero-order chi connectivity index (χ0) is 9.64. The van der Waals surface area contributed by atoms with Gasteiger partial charge in [-0.2, -0.15) is 0 Å². The van der Waals surface area contributed by atoms with Gasteiger partial charge < -0.3 is 10.1 Å². The maximum absolute atomic E-state index is 5.83. The summed E-state index contributed by atoms with van der Waals surface area (Å²) < 4.78 is 5.83. The molecule has 2 nitrogen and oxygen atoms in total. The van der Waals surface area contributed by atoms with Crippen molar-refractivity contribution < 1.29 is 4.74 Å². The van der Waals surface area contributed by atoms with E-state index in [4.69, 9.17) is 4.74 Å². The first-order valence-electron chi connectivity index (χ1n) is 5.31. The summed E-state index contributed by atoms with van der Waals surface area (Å²) in [6, 6.07) is 10.4. The summed E-state index contributed by atoms with van der Waals surface area (Å²) in [4.78, 5) is 0. The number of hydrogen-bond donors (Lipinski definition) is 1. The van der Waals surface area contributed by atoms with Crippen molar-refractivity contribution in [3.05, 3.63) is 35.9 Å². The smallest absolute Gasteiger partial charge is 0.0720 e. The molecule has 1 N–H and O–H groups in total. The van der Waals surface area contributed by atoms with Crippen LogP contribution < -0.4 is 5.32 Å². The third kappa shape index (κ3) is 4.33. The first-order chi connectivity index (χ1) is 6.95. The van der Waals surface area contributed by atoms with E-state index in [1.54, 1.807) is 0 Å². The largest absolute Gasteiger partial charge is 0.373 e. The molecular formula is C12H18BrNO. The molecule has 3 heteroatoms. The molecule has 1 fully saturated rings. The Bertz CT molecular complexity index is 260. The SMILES string of the molecule is Br.c1ccc(COC2CCNCC2)cc1. The van der Waals surface area contributed by atoms with Gasteiger partial charge in [-0.25, -0.2) is 0 Å². The van der Waals surface area contributed by atoms with Crippen LogP contribution >= 0.6 is 17.0 Å². The number of rotatable bonds is 3. The molecule has 0 radical (unpaired) electrons. The Kier molecular flexibility index (Phi) is 5.91. The first-order valence-corrected chi connectivity index (χ1v) is 5.31. The molecular weight excluding hydrogens is 254 g/mol. The Balaban J connectivity index is 0.00000112. The fourth-order valence-corrected chi connectivity index (χ4v) is 1.75.